The Morgan fingerprint density at radius 3 is 2.65 bits per heavy atom. The lowest BCUT2D eigenvalue weighted by molar-refractivity contribution is 1.52. The molecule has 0 fully saturated rings. The third-order valence-electron chi connectivity index (χ3n) is 2.52. The van der Waals surface area contributed by atoms with Crippen molar-refractivity contribution in [2.24, 2.45) is 0 Å². The zero-order valence-electron chi connectivity index (χ0n) is 9.69. The summed E-state index contributed by atoms with van der Waals surface area (Å²) in [6.07, 6.45) is 5.49. The van der Waals surface area contributed by atoms with Crippen molar-refractivity contribution in [3.05, 3.63) is 79.5 Å². The summed E-state index contributed by atoms with van der Waals surface area (Å²) < 4.78 is 0. The lowest BCUT2D eigenvalue weighted by Crippen LogP contribution is -1.95. The fourth-order valence-corrected chi connectivity index (χ4v) is 1.73. The monoisotopic (exact) mass is 221 g/mol. The smallest absolute Gasteiger partial charge is 0.0463 e. The summed E-state index contributed by atoms with van der Waals surface area (Å²) in [5.74, 6) is 0. The van der Waals surface area contributed by atoms with Crippen LogP contribution >= 0.6 is 0 Å². The molecule has 1 heteroatoms. The number of hydrogen-bond donors (Lipinski definition) is 1. The molecule has 0 radical (unpaired) electrons. The highest BCUT2D eigenvalue weighted by Gasteiger charge is 1.99. The average molecular weight is 221 g/mol. The molecule has 2 aromatic rings. The van der Waals surface area contributed by atoms with Gasteiger partial charge in [-0.05, 0) is 17.5 Å². The molecule has 1 nitrogen and oxygen atoms in total. The van der Waals surface area contributed by atoms with Gasteiger partial charge < -0.3 is 5.32 Å². The maximum absolute atomic E-state index is 3.95. The molecule has 2 aromatic carbocycles. The number of anilines is 1. The van der Waals surface area contributed by atoms with Gasteiger partial charge in [-0.25, -0.2) is 0 Å². The van der Waals surface area contributed by atoms with Gasteiger partial charge in [-0.15, -0.1) is 0 Å². The minimum atomic E-state index is 0.848. The highest BCUT2D eigenvalue weighted by molar-refractivity contribution is 5.94. The van der Waals surface area contributed by atoms with Crippen LogP contribution in [0, 0.1) is 0 Å². The predicted molar refractivity (Wildman–Crippen MR) is 76.0 cm³/mol. The summed E-state index contributed by atoms with van der Waals surface area (Å²) in [4.78, 5) is 0. The topological polar surface area (TPSA) is 12.0 Å². The van der Waals surface area contributed by atoms with E-state index in [0.29, 0.717) is 0 Å². The molecule has 17 heavy (non-hydrogen) atoms. The standard InChI is InChI=1S/C16H15N/c1-3-4-8-13(2)17-16-12-7-10-14-9-5-6-11-15(14)16/h3-12,17H,1-2H2/b8-4-. The molecule has 0 saturated heterocycles. The second-order valence-electron chi connectivity index (χ2n) is 3.77. The minimum Gasteiger partial charge on any atom is -0.356 e. The van der Waals surface area contributed by atoms with Crippen molar-refractivity contribution in [3.63, 3.8) is 0 Å². The number of allylic oxidation sites excluding steroid dienone is 3. The first kappa shape index (κ1) is 11.2. The maximum atomic E-state index is 3.95. The van der Waals surface area contributed by atoms with Crippen molar-refractivity contribution >= 4 is 16.5 Å². The molecular weight excluding hydrogens is 206 g/mol. The maximum Gasteiger partial charge on any atom is 0.0463 e. The molecule has 0 amide bonds. The van der Waals surface area contributed by atoms with Crippen molar-refractivity contribution in [3.8, 4) is 0 Å². The summed E-state index contributed by atoms with van der Waals surface area (Å²) in [5.41, 5.74) is 1.92. The lowest BCUT2D eigenvalue weighted by Gasteiger charge is -2.09. The van der Waals surface area contributed by atoms with Crippen LogP contribution in [0.4, 0.5) is 5.69 Å². The summed E-state index contributed by atoms with van der Waals surface area (Å²) >= 11 is 0. The van der Waals surface area contributed by atoms with Crippen LogP contribution in [-0.2, 0) is 0 Å². The number of fused-ring (bicyclic) bond motifs is 1. The Balaban J connectivity index is 2.33. The first-order valence-electron chi connectivity index (χ1n) is 5.54. The molecule has 0 unspecified atom stereocenters. The van der Waals surface area contributed by atoms with E-state index in [4.69, 9.17) is 0 Å². The zero-order valence-corrected chi connectivity index (χ0v) is 9.69. The quantitative estimate of drug-likeness (QED) is 0.749. The van der Waals surface area contributed by atoms with Crippen molar-refractivity contribution in [1.29, 1.82) is 0 Å². The molecule has 0 spiro atoms. The van der Waals surface area contributed by atoms with E-state index < -0.39 is 0 Å². The van der Waals surface area contributed by atoms with Crippen LogP contribution < -0.4 is 5.32 Å². The summed E-state index contributed by atoms with van der Waals surface area (Å²) in [5, 5.41) is 5.71. The van der Waals surface area contributed by atoms with Gasteiger partial charge in [-0.2, -0.15) is 0 Å². The van der Waals surface area contributed by atoms with E-state index in [9.17, 15) is 0 Å². The Hall–Kier alpha value is -2.28. The Bertz CT molecular complexity index is 574. The van der Waals surface area contributed by atoms with Crippen molar-refractivity contribution in [2.75, 3.05) is 5.32 Å². The Kier molecular flexibility index (Phi) is 3.41. The lowest BCUT2D eigenvalue weighted by atomic mass is 10.1. The van der Waals surface area contributed by atoms with Crippen LogP contribution in [0.5, 0.6) is 0 Å². The molecular formula is C16H15N. The van der Waals surface area contributed by atoms with E-state index in [1.807, 2.05) is 30.4 Å². The van der Waals surface area contributed by atoms with Crippen LogP contribution in [0.15, 0.2) is 79.5 Å². The predicted octanol–water partition coefficient (Wildman–Crippen LogP) is 4.51. The van der Waals surface area contributed by atoms with Crippen molar-refractivity contribution in [2.45, 2.75) is 0 Å². The second-order valence-corrected chi connectivity index (χ2v) is 3.77. The van der Waals surface area contributed by atoms with Crippen LogP contribution in [-0.4, -0.2) is 0 Å². The fourth-order valence-electron chi connectivity index (χ4n) is 1.73. The zero-order chi connectivity index (χ0) is 12.1. The highest BCUT2D eigenvalue weighted by atomic mass is 14.9. The van der Waals surface area contributed by atoms with E-state index in [2.05, 4.69) is 42.7 Å². The summed E-state index contributed by atoms with van der Waals surface area (Å²) in [7, 11) is 0. The Morgan fingerprint density at radius 1 is 1.06 bits per heavy atom. The van der Waals surface area contributed by atoms with E-state index in [1.54, 1.807) is 6.08 Å². The summed E-state index contributed by atoms with van der Waals surface area (Å²) in [6, 6.07) is 14.5. The van der Waals surface area contributed by atoms with Crippen LogP contribution in [0.2, 0.25) is 0 Å². The van der Waals surface area contributed by atoms with E-state index in [0.717, 1.165) is 11.4 Å². The normalized spacial score (nSPS) is 10.6. The van der Waals surface area contributed by atoms with Crippen LogP contribution in [0.25, 0.3) is 10.8 Å². The number of hydrogen-bond acceptors (Lipinski definition) is 1. The number of rotatable bonds is 4. The molecule has 1 N–H and O–H groups in total. The first-order valence-corrected chi connectivity index (χ1v) is 5.54. The molecule has 0 aromatic heterocycles. The SMILES string of the molecule is C=C/C=C\C(=C)Nc1cccc2ccccc12. The van der Waals surface area contributed by atoms with Crippen molar-refractivity contribution in [1.82, 2.24) is 0 Å². The molecule has 2 rings (SSSR count). The number of nitrogens with one attached hydrogen (secondary N) is 1. The van der Waals surface area contributed by atoms with E-state index in [1.165, 1.54) is 10.8 Å². The molecule has 0 heterocycles. The Morgan fingerprint density at radius 2 is 1.82 bits per heavy atom. The first-order chi connectivity index (χ1) is 8.31. The number of benzene rings is 2. The fraction of sp³-hybridized carbons (Fsp3) is 0. The van der Waals surface area contributed by atoms with Gasteiger partial charge in [-0.3, -0.25) is 0 Å². The summed E-state index contributed by atoms with van der Waals surface area (Å²) in [6.45, 7) is 7.58. The largest absolute Gasteiger partial charge is 0.356 e. The van der Waals surface area contributed by atoms with Gasteiger partial charge >= 0.3 is 0 Å². The molecule has 0 saturated carbocycles. The van der Waals surface area contributed by atoms with E-state index >= 15 is 0 Å². The van der Waals surface area contributed by atoms with Gasteiger partial charge in [0.25, 0.3) is 0 Å². The average Bonchev–Trinajstić information content (AvgIpc) is 2.37. The minimum absolute atomic E-state index is 0.848. The van der Waals surface area contributed by atoms with Gasteiger partial charge in [0, 0.05) is 16.8 Å². The third kappa shape index (κ3) is 2.64. The van der Waals surface area contributed by atoms with Gasteiger partial charge in [0.1, 0.15) is 0 Å². The van der Waals surface area contributed by atoms with Gasteiger partial charge in [0.05, 0.1) is 0 Å². The Labute approximate surface area is 102 Å². The highest BCUT2D eigenvalue weighted by Crippen LogP contribution is 2.23. The molecule has 0 aliphatic heterocycles. The van der Waals surface area contributed by atoms with Gasteiger partial charge in [-0.1, -0.05) is 61.7 Å². The van der Waals surface area contributed by atoms with Crippen LogP contribution in [0.3, 0.4) is 0 Å². The molecule has 0 bridgehead atoms. The molecule has 0 atom stereocenters. The second kappa shape index (κ2) is 5.17. The van der Waals surface area contributed by atoms with Crippen molar-refractivity contribution < 1.29 is 0 Å². The molecule has 84 valence electrons. The van der Waals surface area contributed by atoms with Gasteiger partial charge in [0.15, 0.2) is 0 Å². The molecule has 0 aliphatic rings. The third-order valence-corrected chi connectivity index (χ3v) is 2.52. The van der Waals surface area contributed by atoms with Gasteiger partial charge in [0.2, 0.25) is 0 Å². The molecule has 0 aliphatic carbocycles. The van der Waals surface area contributed by atoms with E-state index in [-0.39, 0.29) is 0 Å². The van der Waals surface area contributed by atoms with Crippen LogP contribution in [0.1, 0.15) is 0 Å².